The molecule has 0 fully saturated rings. The molecule has 1 aromatic heterocycles. The largest absolute Gasteiger partial charge is 0.337 e. The summed E-state index contributed by atoms with van der Waals surface area (Å²) >= 11 is 0. The van der Waals surface area contributed by atoms with Gasteiger partial charge in [0.1, 0.15) is 0 Å². The number of aromatic nitrogens is 2. The van der Waals surface area contributed by atoms with E-state index < -0.39 is 0 Å². The van der Waals surface area contributed by atoms with Crippen LogP contribution in [0.4, 0.5) is 0 Å². The maximum atomic E-state index is 11.7. The lowest BCUT2D eigenvalue weighted by Crippen LogP contribution is -2.04. The lowest BCUT2D eigenvalue weighted by molar-refractivity contribution is 0.0977. The third-order valence-corrected chi connectivity index (χ3v) is 2.25. The van der Waals surface area contributed by atoms with Crippen molar-refractivity contribution in [2.45, 2.75) is 13.0 Å². The molecule has 0 saturated carbocycles. The van der Waals surface area contributed by atoms with E-state index in [1.807, 2.05) is 41.1 Å². The Kier molecular flexibility index (Phi) is 2.93. The molecular weight excluding hydrogens is 188 g/mol. The van der Waals surface area contributed by atoms with Crippen molar-refractivity contribution in [2.24, 2.45) is 0 Å². The Morgan fingerprint density at radius 1 is 1.27 bits per heavy atom. The van der Waals surface area contributed by atoms with Crippen molar-refractivity contribution in [3.63, 3.8) is 0 Å². The Morgan fingerprint density at radius 3 is 2.73 bits per heavy atom. The van der Waals surface area contributed by atoms with Gasteiger partial charge in [-0.2, -0.15) is 0 Å². The molecule has 0 unspecified atom stereocenters. The predicted octanol–water partition coefficient (Wildman–Crippen LogP) is 2.16. The lowest BCUT2D eigenvalue weighted by atomic mass is 10.1. The van der Waals surface area contributed by atoms with Crippen LogP contribution in [0.5, 0.6) is 0 Å². The summed E-state index contributed by atoms with van der Waals surface area (Å²) in [5, 5.41) is 0. The molecule has 2 rings (SSSR count). The molecule has 1 aromatic carbocycles. The molecule has 15 heavy (non-hydrogen) atoms. The fourth-order valence-corrected chi connectivity index (χ4v) is 1.42. The van der Waals surface area contributed by atoms with Crippen molar-refractivity contribution in [3.05, 3.63) is 54.6 Å². The molecule has 0 aliphatic rings. The molecule has 3 nitrogen and oxygen atoms in total. The van der Waals surface area contributed by atoms with Crippen LogP contribution in [0.3, 0.4) is 0 Å². The van der Waals surface area contributed by atoms with E-state index in [9.17, 15) is 4.79 Å². The zero-order valence-corrected chi connectivity index (χ0v) is 8.34. The number of ketones is 1. The Labute approximate surface area is 88.4 Å². The van der Waals surface area contributed by atoms with E-state index in [1.54, 1.807) is 12.5 Å². The fraction of sp³-hybridized carbons (Fsp3) is 0.167. The predicted molar refractivity (Wildman–Crippen MR) is 57.6 cm³/mol. The molecule has 0 saturated heterocycles. The van der Waals surface area contributed by atoms with Gasteiger partial charge in [-0.25, -0.2) is 4.98 Å². The molecule has 0 spiro atoms. The van der Waals surface area contributed by atoms with Gasteiger partial charge >= 0.3 is 0 Å². The third-order valence-electron chi connectivity index (χ3n) is 2.25. The van der Waals surface area contributed by atoms with E-state index in [4.69, 9.17) is 0 Å². The molecule has 0 amide bonds. The van der Waals surface area contributed by atoms with Crippen LogP contribution < -0.4 is 0 Å². The fourth-order valence-electron chi connectivity index (χ4n) is 1.42. The highest BCUT2D eigenvalue weighted by molar-refractivity contribution is 5.95. The Balaban J connectivity index is 1.94. The second kappa shape index (κ2) is 4.55. The van der Waals surface area contributed by atoms with Gasteiger partial charge in [0.25, 0.3) is 0 Å². The summed E-state index contributed by atoms with van der Waals surface area (Å²) in [6, 6.07) is 9.36. The van der Waals surface area contributed by atoms with E-state index in [1.165, 1.54) is 0 Å². The monoisotopic (exact) mass is 200 g/mol. The van der Waals surface area contributed by atoms with Crippen molar-refractivity contribution in [2.75, 3.05) is 0 Å². The maximum absolute atomic E-state index is 11.7. The number of hydrogen-bond acceptors (Lipinski definition) is 2. The van der Waals surface area contributed by atoms with Crippen LogP contribution in [0.1, 0.15) is 16.8 Å². The number of hydrogen-bond donors (Lipinski definition) is 0. The molecule has 0 aliphatic carbocycles. The second-order valence-electron chi connectivity index (χ2n) is 3.34. The normalized spacial score (nSPS) is 10.1. The molecule has 2 aromatic rings. The quantitative estimate of drug-likeness (QED) is 0.709. The number of carbonyl (C=O) groups excluding carboxylic acids is 1. The summed E-state index contributed by atoms with van der Waals surface area (Å²) < 4.78 is 1.90. The van der Waals surface area contributed by atoms with Gasteiger partial charge in [0.15, 0.2) is 5.78 Å². The first kappa shape index (κ1) is 9.65. The van der Waals surface area contributed by atoms with E-state index in [-0.39, 0.29) is 5.78 Å². The summed E-state index contributed by atoms with van der Waals surface area (Å²) in [4.78, 5) is 15.6. The van der Waals surface area contributed by atoms with Crippen LogP contribution in [0.2, 0.25) is 0 Å². The minimum Gasteiger partial charge on any atom is -0.337 e. The molecular formula is C12H12N2O. The van der Waals surface area contributed by atoms with Crippen LogP contribution in [0, 0.1) is 0 Å². The Bertz CT molecular complexity index is 420. The number of aryl methyl sites for hydroxylation is 1. The van der Waals surface area contributed by atoms with Gasteiger partial charge in [-0.05, 0) is 0 Å². The molecule has 1 heterocycles. The van der Waals surface area contributed by atoms with Crippen LogP contribution >= 0.6 is 0 Å². The van der Waals surface area contributed by atoms with Crippen molar-refractivity contribution >= 4 is 5.78 Å². The number of rotatable bonds is 4. The molecule has 76 valence electrons. The lowest BCUT2D eigenvalue weighted by Gasteiger charge is -2.01. The van der Waals surface area contributed by atoms with Gasteiger partial charge in [0, 0.05) is 30.9 Å². The van der Waals surface area contributed by atoms with E-state index in [2.05, 4.69) is 4.98 Å². The Hall–Kier alpha value is -1.90. The van der Waals surface area contributed by atoms with E-state index in [0.717, 1.165) is 5.56 Å². The zero-order valence-electron chi connectivity index (χ0n) is 8.34. The van der Waals surface area contributed by atoms with Crippen molar-refractivity contribution in [3.8, 4) is 0 Å². The Morgan fingerprint density at radius 2 is 2.07 bits per heavy atom. The van der Waals surface area contributed by atoms with Crippen LogP contribution in [0.15, 0.2) is 49.1 Å². The topological polar surface area (TPSA) is 34.9 Å². The minimum absolute atomic E-state index is 0.171. The average Bonchev–Trinajstić information content (AvgIpc) is 2.80. The number of Topliss-reactive ketones (excluding diaryl/α,β-unsaturated/α-hetero) is 1. The molecule has 0 atom stereocenters. The minimum atomic E-state index is 0.171. The molecule has 0 aliphatic heterocycles. The van der Waals surface area contributed by atoms with Gasteiger partial charge in [-0.15, -0.1) is 0 Å². The maximum Gasteiger partial charge on any atom is 0.164 e. The van der Waals surface area contributed by atoms with Gasteiger partial charge in [-0.1, -0.05) is 30.3 Å². The smallest absolute Gasteiger partial charge is 0.164 e. The molecule has 0 radical (unpaired) electrons. The van der Waals surface area contributed by atoms with Crippen molar-refractivity contribution < 1.29 is 4.79 Å². The number of imidazole rings is 1. The average molecular weight is 200 g/mol. The first-order valence-corrected chi connectivity index (χ1v) is 4.90. The number of benzene rings is 1. The summed E-state index contributed by atoms with van der Waals surface area (Å²) in [5.41, 5.74) is 0.776. The van der Waals surface area contributed by atoms with Crippen LogP contribution in [-0.4, -0.2) is 15.3 Å². The van der Waals surface area contributed by atoms with E-state index >= 15 is 0 Å². The van der Waals surface area contributed by atoms with Crippen LogP contribution in [-0.2, 0) is 6.54 Å². The number of carbonyl (C=O) groups is 1. The van der Waals surface area contributed by atoms with Gasteiger partial charge in [0.2, 0.25) is 0 Å². The summed E-state index contributed by atoms with van der Waals surface area (Å²) in [7, 11) is 0. The standard InChI is InChI=1S/C12H12N2O/c15-12(11-4-2-1-3-5-11)6-8-14-9-7-13-10-14/h1-5,7,9-10H,6,8H2. The first-order chi connectivity index (χ1) is 7.36. The molecule has 0 N–H and O–H groups in total. The summed E-state index contributed by atoms with van der Waals surface area (Å²) in [5.74, 6) is 0.171. The highest BCUT2D eigenvalue weighted by atomic mass is 16.1. The van der Waals surface area contributed by atoms with Gasteiger partial charge in [-0.3, -0.25) is 4.79 Å². The molecule has 0 bridgehead atoms. The highest BCUT2D eigenvalue weighted by Crippen LogP contribution is 2.04. The van der Waals surface area contributed by atoms with Crippen molar-refractivity contribution in [1.29, 1.82) is 0 Å². The summed E-state index contributed by atoms with van der Waals surface area (Å²) in [6.45, 7) is 0.688. The second-order valence-corrected chi connectivity index (χ2v) is 3.34. The zero-order chi connectivity index (χ0) is 10.5. The van der Waals surface area contributed by atoms with E-state index in [0.29, 0.717) is 13.0 Å². The van der Waals surface area contributed by atoms with Crippen molar-refractivity contribution in [1.82, 2.24) is 9.55 Å². The third kappa shape index (κ3) is 2.53. The molecule has 3 heteroatoms. The summed E-state index contributed by atoms with van der Waals surface area (Å²) in [6.07, 6.45) is 5.81. The highest BCUT2D eigenvalue weighted by Gasteiger charge is 2.04. The van der Waals surface area contributed by atoms with Crippen LogP contribution in [0.25, 0.3) is 0 Å². The number of nitrogens with zero attached hydrogens (tertiary/aromatic N) is 2. The van der Waals surface area contributed by atoms with Gasteiger partial charge in [0.05, 0.1) is 6.33 Å². The SMILES string of the molecule is O=C(CCn1ccnc1)c1ccccc1. The van der Waals surface area contributed by atoms with Gasteiger partial charge < -0.3 is 4.57 Å². The first-order valence-electron chi connectivity index (χ1n) is 4.90.